The number of urea groups is 1. The van der Waals surface area contributed by atoms with Crippen molar-refractivity contribution in [3.8, 4) is 0 Å². The number of amides is 2. The number of anilines is 2. The highest BCUT2D eigenvalue weighted by atomic mass is 35.5. The summed E-state index contributed by atoms with van der Waals surface area (Å²) >= 11 is 13.6. The van der Waals surface area contributed by atoms with Crippen molar-refractivity contribution in [1.82, 2.24) is 10.3 Å². The first-order valence-corrected chi connectivity index (χ1v) is 9.65. The van der Waals surface area contributed by atoms with Crippen LogP contribution in [0.15, 0.2) is 58.5 Å². The number of carbonyl (C=O) groups is 1. The fraction of sp³-hybridized carbons (Fsp3) is 0.0526. The molecule has 9 heteroatoms. The molecule has 0 spiro atoms. The average molecular weight is 438 g/mol. The highest BCUT2D eigenvalue weighted by Crippen LogP contribution is 2.41. The first-order chi connectivity index (χ1) is 13.4. The first kappa shape index (κ1) is 19.0. The van der Waals surface area contributed by atoms with Crippen molar-refractivity contribution in [1.29, 1.82) is 0 Å². The Bertz CT molecular complexity index is 1080. The van der Waals surface area contributed by atoms with Crippen LogP contribution in [0.25, 0.3) is 0 Å². The summed E-state index contributed by atoms with van der Waals surface area (Å²) in [5.74, 6) is -0.899. The standard InChI is InChI=1S/C19H11Cl2F2N3OS/c20-13-2-1-3-14(21)17(13)26-18-10(8-25-19(26)27)6-12(9-24-18)28-16-5-4-11(22)7-15(16)23/h1-7,9H,8H2,(H,25,27). The van der Waals surface area contributed by atoms with Gasteiger partial charge in [0.25, 0.3) is 0 Å². The van der Waals surface area contributed by atoms with Gasteiger partial charge in [0.15, 0.2) is 0 Å². The molecule has 0 saturated heterocycles. The maximum absolute atomic E-state index is 13.9. The zero-order chi connectivity index (χ0) is 19.8. The number of halogens is 4. The molecule has 1 aliphatic rings. The van der Waals surface area contributed by atoms with Gasteiger partial charge in [-0.2, -0.15) is 0 Å². The van der Waals surface area contributed by atoms with Gasteiger partial charge >= 0.3 is 6.03 Å². The third-order valence-electron chi connectivity index (χ3n) is 4.05. The van der Waals surface area contributed by atoms with Crippen LogP contribution < -0.4 is 10.2 Å². The van der Waals surface area contributed by atoms with E-state index in [9.17, 15) is 13.6 Å². The van der Waals surface area contributed by atoms with Crippen molar-refractivity contribution < 1.29 is 13.6 Å². The molecule has 0 bridgehead atoms. The Balaban J connectivity index is 1.72. The van der Waals surface area contributed by atoms with E-state index in [4.69, 9.17) is 23.2 Å². The van der Waals surface area contributed by atoms with Gasteiger partial charge in [0.05, 0.1) is 15.7 Å². The second-order valence-electron chi connectivity index (χ2n) is 5.89. The second kappa shape index (κ2) is 7.58. The van der Waals surface area contributed by atoms with Crippen LogP contribution >= 0.6 is 35.0 Å². The van der Waals surface area contributed by atoms with Gasteiger partial charge in [-0.3, -0.25) is 0 Å². The predicted molar refractivity (Wildman–Crippen MR) is 106 cm³/mol. The van der Waals surface area contributed by atoms with Gasteiger partial charge in [0.1, 0.15) is 17.5 Å². The summed E-state index contributed by atoms with van der Waals surface area (Å²) in [6.07, 6.45) is 1.52. The van der Waals surface area contributed by atoms with E-state index in [1.54, 1.807) is 24.3 Å². The van der Waals surface area contributed by atoms with Crippen molar-refractivity contribution in [2.45, 2.75) is 16.3 Å². The lowest BCUT2D eigenvalue weighted by Crippen LogP contribution is -2.42. The number of fused-ring (bicyclic) bond motifs is 1. The van der Waals surface area contributed by atoms with E-state index >= 15 is 0 Å². The molecule has 4 rings (SSSR count). The molecule has 0 atom stereocenters. The Morgan fingerprint density at radius 3 is 2.57 bits per heavy atom. The number of carbonyl (C=O) groups excluding carboxylic acids is 1. The van der Waals surface area contributed by atoms with Crippen LogP contribution in [0, 0.1) is 11.6 Å². The minimum atomic E-state index is -0.652. The normalized spacial score (nSPS) is 13.3. The number of hydrogen-bond donors (Lipinski definition) is 1. The van der Waals surface area contributed by atoms with E-state index in [0.717, 1.165) is 17.8 Å². The molecule has 0 unspecified atom stereocenters. The van der Waals surface area contributed by atoms with Crippen LogP contribution in [-0.4, -0.2) is 11.0 Å². The summed E-state index contributed by atoms with van der Waals surface area (Å²) in [5.41, 5.74) is 1.05. The fourth-order valence-electron chi connectivity index (χ4n) is 2.81. The minimum absolute atomic E-state index is 0.250. The third-order valence-corrected chi connectivity index (χ3v) is 5.67. The fourth-order valence-corrected chi connectivity index (χ4v) is 4.23. The van der Waals surface area contributed by atoms with E-state index in [-0.39, 0.29) is 11.4 Å². The van der Waals surface area contributed by atoms with Gasteiger partial charge in [-0.1, -0.05) is 41.0 Å². The predicted octanol–water partition coefficient (Wildman–Crippen LogP) is 6.18. The minimum Gasteiger partial charge on any atom is -0.333 e. The molecule has 1 aromatic heterocycles. The first-order valence-electron chi connectivity index (χ1n) is 8.08. The number of benzene rings is 2. The number of aromatic nitrogens is 1. The summed E-state index contributed by atoms with van der Waals surface area (Å²) in [4.78, 5) is 19.1. The van der Waals surface area contributed by atoms with Crippen LogP contribution in [0.1, 0.15) is 5.56 Å². The van der Waals surface area contributed by atoms with E-state index in [2.05, 4.69) is 10.3 Å². The zero-order valence-electron chi connectivity index (χ0n) is 14.0. The lowest BCUT2D eigenvalue weighted by Gasteiger charge is -2.30. The molecule has 28 heavy (non-hydrogen) atoms. The van der Waals surface area contributed by atoms with Crippen LogP contribution in [0.2, 0.25) is 10.0 Å². The molecule has 0 aliphatic carbocycles. The molecule has 2 heterocycles. The van der Waals surface area contributed by atoms with E-state index in [1.807, 2.05) is 0 Å². The van der Waals surface area contributed by atoms with Crippen molar-refractivity contribution in [3.63, 3.8) is 0 Å². The van der Waals surface area contributed by atoms with Gasteiger partial charge < -0.3 is 5.32 Å². The van der Waals surface area contributed by atoms with Gasteiger partial charge in [-0.05, 0) is 30.3 Å². The molecule has 0 fully saturated rings. The number of para-hydroxylation sites is 1. The highest BCUT2D eigenvalue weighted by Gasteiger charge is 2.30. The second-order valence-corrected chi connectivity index (χ2v) is 7.82. The van der Waals surface area contributed by atoms with Crippen molar-refractivity contribution in [3.05, 3.63) is 75.9 Å². The largest absolute Gasteiger partial charge is 0.333 e. The smallest absolute Gasteiger partial charge is 0.328 e. The Kier molecular flexibility index (Phi) is 5.14. The third kappa shape index (κ3) is 3.53. The molecule has 1 aliphatic heterocycles. The number of hydrogen-bond acceptors (Lipinski definition) is 3. The molecule has 2 amide bonds. The summed E-state index contributed by atoms with van der Waals surface area (Å²) in [6.45, 7) is 0.250. The highest BCUT2D eigenvalue weighted by molar-refractivity contribution is 7.99. The van der Waals surface area contributed by atoms with Gasteiger partial charge in [-0.25, -0.2) is 23.5 Å². The average Bonchev–Trinajstić information content (AvgIpc) is 2.65. The molecule has 4 nitrogen and oxygen atoms in total. The topological polar surface area (TPSA) is 45.2 Å². The van der Waals surface area contributed by atoms with Gasteiger partial charge in [0, 0.05) is 34.2 Å². The quantitative estimate of drug-likeness (QED) is 0.531. The Labute approximate surface area is 173 Å². The van der Waals surface area contributed by atoms with Crippen LogP contribution in [0.5, 0.6) is 0 Å². The summed E-state index contributed by atoms with van der Waals surface area (Å²) in [7, 11) is 0. The molecular formula is C19H11Cl2F2N3OS. The summed E-state index contributed by atoms with van der Waals surface area (Å²) < 4.78 is 27.0. The molecular weight excluding hydrogens is 427 g/mol. The van der Waals surface area contributed by atoms with Crippen LogP contribution in [-0.2, 0) is 6.54 Å². The number of rotatable bonds is 3. The molecule has 1 N–H and O–H groups in total. The van der Waals surface area contributed by atoms with Gasteiger partial charge in [-0.15, -0.1) is 0 Å². The zero-order valence-corrected chi connectivity index (χ0v) is 16.4. The van der Waals surface area contributed by atoms with E-state index in [1.165, 1.54) is 23.2 Å². The maximum Gasteiger partial charge on any atom is 0.328 e. The Hall–Kier alpha value is -2.35. The van der Waals surface area contributed by atoms with E-state index < -0.39 is 17.7 Å². The summed E-state index contributed by atoms with van der Waals surface area (Å²) in [5, 5.41) is 3.37. The molecule has 0 radical (unpaired) electrons. The molecule has 0 saturated carbocycles. The van der Waals surface area contributed by atoms with Crippen molar-refractivity contribution in [2.75, 3.05) is 4.90 Å². The van der Waals surface area contributed by atoms with E-state index in [0.29, 0.717) is 32.0 Å². The van der Waals surface area contributed by atoms with Crippen molar-refractivity contribution in [2.24, 2.45) is 0 Å². The van der Waals surface area contributed by atoms with Crippen LogP contribution in [0.4, 0.5) is 25.1 Å². The molecule has 142 valence electrons. The lowest BCUT2D eigenvalue weighted by molar-refractivity contribution is 0.247. The number of pyridine rings is 1. The lowest BCUT2D eigenvalue weighted by atomic mass is 10.2. The maximum atomic E-state index is 13.9. The number of nitrogens with zero attached hydrogens (tertiary/aromatic N) is 2. The molecule has 2 aromatic carbocycles. The summed E-state index contributed by atoms with van der Waals surface area (Å²) in [6, 6.07) is 9.71. The Morgan fingerprint density at radius 1 is 1.11 bits per heavy atom. The van der Waals surface area contributed by atoms with Gasteiger partial charge in [0.2, 0.25) is 0 Å². The number of nitrogens with one attached hydrogen (secondary N) is 1. The van der Waals surface area contributed by atoms with Crippen LogP contribution in [0.3, 0.4) is 0 Å². The van der Waals surface area contributed by atoms with Crippen molar-refractivity contribution >= 4 is 52.5 Å². The monoisotopic (exact) mass is 437 g/mol. The molecule has 3 aromatic rings. The SMILES string of the molecule is O=C1NCc2cc(Sc3ccc(F)cc3F)cnc2N1c1c(Cl)cccc1Cl. The Morgan fingerprint density at radius 2 is 1.86 bits per heavy atom.